The van der Waals surface area contributed by atoms with E-state index in [-0.39, 0.29) is 0 Å². The average molecular weight is 493 g/mol. The van der Waals surface area contributed by atoms with E-state index in [1.807, 2.05) is 0 Å². The van der Waals surface area contributed by atoms with E-state index in [1.165, 1.54) is 127 Å². The summed E-state index contributed by atoms with van der Waals surface area (Å²) in [4.78, 5) is 0. The fourth-order valence-corrected chi connectivity index (χ4v) is 6.62. The first kappa shape index (κ1) is 29.2. The molecule has 0 bridgehead atoms. The van der Waals surface area contributed by atoms with E-state index in [9.17, 15) is 0 Å². The summed E-state index contributed by atoms with van der Waals surface area (Å²) in [6.45, 7) is 7.29. The summed E-state index contributed by atoms with van der Waals surface area (Å²) in [6, 6.07) is 9.01. The lowest BCUT2D eigenvalue weighted by Gasteiger charge is -2.29. The Bertz CT molecular complexity index is 701. The Labute approximate surface area is 224 Å². The molecule has 1 aromatic rings. The second-order valence-corrected chi connectivity index (χ2v) is 12.0. The first-order valence-electron chi connectivity index (χ1n) is 15.7. The van der Waals surface area contributed by atoms with E-state index in [0.29, 0.717) is 13.2 Å². The number of aryl methyl sites for hydroxylation is 1. The normalized spacial score (nSPS) is 24.8. The van der Waals surface area contributed by atoms with E-state index in [2.05, 4.69) is 49.9 Å². The third-order valence-electron chi connectivity index (χ3n) is 9.05. The molecule has 0 heterocycles. The molecule has 2 aliphatic carbocycles. The number of allylic oxidation sites excluding steroid dienone is 2. The molecule has 1 heteroatoms. The van der Waals surface area contributed by atoms with Crippen molar-refractivity contribution in [3.8, 4) is 0 Å². The lowest BCUT2D eigenvalue weighted by atomic mass is 9.77. The molecule has 0 aliphatic heterocycles. The van der Waals surface area contributed by atoms with Crippen LogP contribution in [-0.4, -0.2) is 6.61 Å². The number of benzene rings is 1. The van der Waals surface area contributed by atoms with Crippen LogP contribution < -0.4 is 0 Å². The molecule has 0 radical (unpaired) electrons. The summed E-state index contributed by atoms with van der Waals surface area (Å²) in [5.74, 6) is 3.97. The lowest BCUT2D eigenvalue weighted by Crippen LogP contribution is -2.15. The van der Waals surface area contributed by atoms with Gasteiger partial charge in [-0.25, -0.2) is 0 Å². The fourth-order valence-electron chi connectivity index (χ4n) is 6.62. The van der Waals surface area contributed by atoms with Crippen LogP contribution in [0.5, 0.6) is 0 Å². The predicted octanol–water partition coefficient (Wildman–Crippen LogP) is 10.6. The van der Waals surface area contributed by atoms with Crippen LogP contribution in [0.15, 0.2) is 49.1 Å². The minimum atomic E-state index is 0.627. The minimum Gasteiger partial charge on any atom is -0.373 e. The van der Waals surface area contributed by atoms with Gasteiger partial charge in [-0.05, 0) is 79.7 Å². The highest BCUT2D eigenvalue weighted by Crippen LogP contribution is 2.36. The molecule has 0 saturated heterocycles. The average Bonchev–Trinajstić information content (AvgIpc) is 2.92. The standard InChI is InChI=1S/C35H56O/c1-3-5-6-11-30-16-18-31(19-17-30)12-7-8-13-32-20-22-33(23-21-32)14-9-10-15-34-24-26-35(27-25-34)29-36-28-4-2/h4,6,11,24-27,30-33H,2-3,5,7-10,12-23,28-29H2,1H3/b11-6+. The van der Waals surface area contributed by atoms with Crippen molar-refractivity contribution in [2.24, 2.45) is 23.7 Å². The fraction of sp³-hybridized carbons (Fsp3) is 0.714. The summed E-state index contributed by atoms with van der Waals surface area (Å²) >= 11 is 0. The van der Waals surface area contributed by atoms with Crippen LogP contribution in [0.2, 0.25) is 0 Å². The summed E-state index contributed by atoms with van der Waals surface area (Å²) in [5.41, 5.74) is 2.73. The number of hydrogen-bond donors (Lipinski definition) is 0. The first-order chi connectivity index (χ1) is 17.8. The molecule has 36 heavy (non-hydrogen) atoms. The molecule has 0 unspecified atom stereocenters. The number of ether oxygens (including phenoxy) is 1. The van der Waals surface area contributed by atoms with Gasteiger partial charge in [0.1, 0.15) is 0 Å². The second kappa shape index (κ2) is 18.0. The van der Waals surface area contributed by atoms with Crippen molar-refractivity contribution in [3.63, 3.8) is 0 Å². The van der Waals surface area contributed by atoms with Crippen LogP contribution in [0.25, 0.3) is 0 Å². The van der Waals surface area contributed by atoms with Crippen molar-refractivity contribution >= 4 is 0 Å². The molecular formula is C35H56O. The van der Waals surface area contributed by atoms with Crippen molar-refractivity contribution in [1.82, 2.24) is 0 Å². The van der Waals surface area contributed by atoms with Gasteiger partial charge in [0.05, 0.1) is 13.2 Å². The SMILES string of the molecule is C=CCOCc1ccc(CCCCC2CCC(CCCCC3CCC(/C=C/CCC)CC3)CC2)cc1. The second-order valence-electron chi connectivity index (χ2n) is 12.0. The van der Waals surface area contributed by atoms with Crippen molar-refractivity contribution < 1.29 is 4.74 Å². The molecule has 3 rings (SSSR count). The van der Waals surface area contributed by atoms with Gasteiger partial charge in [0, 0.05) is 0 Å². The Hall–Kier alpha value is -1.34. The van der Waals surface area contributed by atoms with E-state index >= 15 is 0 Å². The van der Waals surface area contributed by atoms with Gasteiger partial charge in [-0.3, -0.25) is 0 Å². The Balaban J connectivity index is 1.16. The monoisotopic (exact) mass is 492 g/mol. The predicted molar refractivity (Wildman–Crippen MR) is 157 cm³/mol. The Morgan fingerprint density at radius 2 is 1.28 bits per heavy atom. The largest absolute Gasteiger partial charge is 0.373 e. The number of rotatable bonds is 17. The minimum absolute atomic E-state index is 0.627. The van der Waals surface area contributed by atoms with Gasteiger partial charge in [0.2, 0.25) is 0 Å². The van der Waals surface area contributed by atoms with E-state index in [1.54, 1.807) is 6.08 Å². The maximum atomic E-state index is 5.53. The van der Waals surface area contributed by atoms with Crippen molar-refractivity contribution in [2.75, 3.05) is 6.61 Å². The first-order valence-corrected chi connectivity index (χ1v) is 15.7. The van der Waals surface area contributed by atoms with Gasteiger partial charge in [-0.15, -0.1) is 6.58 Å². The molecule has 0 amide bonds. The topological polar surface area (TPSA) is 9.23 Å². The molecule has 1 aromatic carbocycles. The Morgan fingerprint density at radius 1 is 0.750 bits per heavy atom. The lowest BCUT2D eigenvalue weighted by molar-refractivity contribution is 0.149. The highest BCUT2D eigenvalue weighted by Gasteiger charge is 2.22. The number of unbranched alkanes of at least 4 members (excludes halogenated alkanes) is 3. The third kappa shape index (κ3) is 11.8. The van der Waals surface area contributed by atoms with Gasteiger partial charge in [-0.1, -0.05) is 120 Å². The van der Waals surface area contributed by atoms with Crippen LogP contribution in [0.1, 0.15) is 127 Å². The van der Waals surface area contributed by atoms with Gasteiger partial charge in [0.25, 0.3) is 0 Å². The van der Waals surface area contributed by atoms with Crippen LogP contribution >= 0.6 is 0 Å². The zero-order chi connectivity index (χ0) is 25.3. The summed E-state index contributed by atoms with van der Waals surface area (Å²) in [7, 11) is 0. The van der Waals surface area contributed by atoms with Gasteiger partial charge in [-0.2, -0.15) is 0 Å². The third-order valence-corrected chi connectivity index (χ3v) is 9.05. The van der Waals surface area contributed by atoms with Gasteiger partial charge >= 0.3 is 0 Å². The van der Waals surface area contributed by atoms with Crippen molar-refractivity contribution in [1.29, 1.82) is 0 Å². The molecule has 202 valence electrons. The van der Waals surface area contributed by atoms with Crippen LogP contribution in [0.3, 0.4) is 0 Å². The summed E-state index contributed by atoms with van der Waals surface area (Å²) in [5, 5.41) is 0. The summed E-state index contributed by atoms with van der Waals surface area (Å²) < 4.78 is 5.53. The maximum Gasteiger partial charge on any atom is 0.0721 e. The molecule has 0 atom stereocenters. The molecular weight excluding hydrogens is 436 g/mol. The van der Waals surface area contributed by atoms with Crippen LogP contribution in [-0.2, 0) is 17.8 Å². The Kier molecular flexibility index (Phi) is 14.6. The summed E-state index contributed by atoms with van der Waals surface area (Å²) in [6.07, 6.45) is 32.6. The van der Waals surface area contributed by atoms with Crippen LogP contribution in [0.4, 0.5) is 0 Å². The molecule has 1 nitrogen and oxygen atoms in total. The maximum absolute atomic E-state index is 5.53. The molecule has 0 aromatic heterocycles. The van der Waals surface area contributed by atoms with Crippen molar-refractivity contribution in [2.45, 2.75) is 129 Å². The zero-order valence-corrected chi connectivity index (χ0v) is 23.6. The van der Waals surface area contributed by atoms with E-state index < -0.39 is 0 Å². The van der Waals surface area contributed by atoms with E-state index in [4.69, 9.17) is 4.74 Å². The van der Waals surface area contributed by atoms with Gasteiger partial charge in [0.15, 0.2) is 0 Å². The zero-order valence-electron chi connectivity index (χ0n) is 23.6. The van der Waals surface area contributed by atoms with Crippen LogP contribution in [0, 0.1) is 23.7 Å². The quantitative estimate of drug-likeness (QED) is 0.155. The highest BCUT2D eigenvalue weighted by atomic mass is 16.5. The van der Waals surface area contributed by atoms with E-state index in [0.717, 1.165) is 23.7 Å². The highest BCUT2D eigenvalue weighted by molar-refractivity contribution is 5.22. The van der Waals surface area contributed by atoms with Gasteiger partial charge < -0.3 is 4.74 Å². The molecule has 2 saturated carbocycles. The smallest absolute Gasteiger partial charge is 0.0721 e. The molecule has 2 aliphatic rings. The molecule has 0 N–H and O–H groups in total. The Morgan fingerprint density at radius 3 is 1.83 bits per heavy atom. The van der Waals surface area contributed by atoms with Crippen molar-refractivity contribution in [3.05, 3.63) is 60.2 Å². The number of hydrogen-bond acceptors (Lipinski definition) is 1. The molecule has 0 spiro atoms. The molecule has 2 fully saturated rings.